The van der Waals surface area contributed by atoms with Gasteiger partial charge in [-0.05, 0) is 11.6 Å². The molecule has 18 heavy (non-hydrogen) atoms. The maximum Gasteiger partial charge on any atom is 0.328 e. The molecule has 0 unspecified atom stereocenters. The standard InChI is InChI=1S/C11H12N4O3/c1-13-4-5-14(11(13)16)7-8-2-3-10(15(17)18)9(12)6-8/h2-6H,7,12H2,1H3. The van der Waals surface area contributed by atoms with Gasteiger partial charge in [-0.25, -0.2) is 4.79 Å². The van der Waals surface area contributed by atoms with Gasteiger partial charge in [-0.1, -0.05) is 6.07 Å². The van der Waals surface area contributed by atoms with Crippen molar-refractivity contribution in [3.05, 3.63) is 56.8 Å². The Morgan fingerprint density at radius 2 is 2.11 bits per heavy atom. The fourth-order valence-corrected chi connectivity index (χ4v) is 1.70. The first kappa shape index (κ1) is 11.9. The topological polar surface area (TPSA) is 96.1 Å². The summed E-state index contributed by atoms with van der Waals surface area (Å²) in [5.41, 5.74) is 6.15. The Morgan fingerprint density at radius 1 is 1.39 bits per heavy atom. The summed E-state index contributed by atoms with van der Waals surface area (Å²) >= 11 is 0. The molecule has 0 atom stereocenters. The number of anilines is 1. The first-order valence-corrected chi connectivity index (χ1v) is 5.23. The predicted molar refractivity (Wildman–Crippen MR) is 66.3 cm³/mol. The fraction of sp³-hybridized carbons (Fsp3) is 0.182. The summed E-state index contributed by atoms with van der Waals surface area (Å²) in [6.07, 6.45) is 3.30. The van der Waals surface area contributed by atoms with Gasteiger partial charge in [0.25, 0.3) is 5.69 Å². The third-order valence-electron chi connectivity index (χ3n) is 2.66. The second-order valence-corrected chi connectivity index (χ2v) is 3.97. The Bertz CT molecular complexity index is 657. The number of aromatic nitrogens is 2. The number of aryl methyl sites for hydroxylation is 1. The molecule has 94 valence electrons. The van der Waals surface area contributed by atoms with Gasteiger partial charge < -0.3 is 10.3 Å². The smallest absolute Gasteiger partial charge is 0.328 e. The van der Waals surface area contributed by atoms with Crippen molar-refractivity contribution >= 4 is 11.4 Å². The minimum Gasteiger partial charge on any atom is -0.393 e. The molecule has 1 heterocycles. The van der Waals surface area contributed by atoms with Crippen LogP contribution in [0.25, 0.3) is 0 Å². The zero-order valence-corrected chi connectivity index (χ0v) is 9.74. The molecule has 1 aromatic carbocycles. The van der Waals surface area contributed by atoms with Gasteiger partial charge in [-0.2, -0.15) is 0 Å². The van der Waals surface area contributed by atoms with Gasteiger partial charge in [-0.3, -0.25) is 14.7 Å². The van der Waals surface area contributed by atoms with Gasteiger partial charge in [0.2, 0.25) is 0 Å². The van der Waals surface area contributed by atoms with Crippen LogP contribution in [0.5, 0.6) is 0 Å². The maximum absolute atomic E-state index is 11.6. The third-order valence-corrected chi connectivity index (χ3v) is 2.66. The van der Waals surface area contributed by atoms with Gasteiger partial charge in [0.1, 0.15) is 5.69 Å². The molecule has 2 N–H and O–H groups in total. The number of hydrogen-bond donors (Lipinski definition) is 1. The van der Waals surface area contributed by atoms with E-state index in [1.165, 1.54) is 21.3 Å². The highest BCUT2D eigenvalue weighted by atomic mass is 16.6. The molecule has 0 saturated carbocycles. The average molecular weight is 248 g/mol. The maximum atomic E-state index is 11.6. The lowest BCUT2D eigenvalue weighted by molar-refractivity contribution is -0.383. The van der Waals surface area contributed by atoms with Crippen molar-refractivity contribution in [2.75, 3.05) is 5.73 Å². The zero-order valence-electron chi connectivity index (χ0n) is 9.74. The van der Waals surface area contributed by atoms with Crippen molar-refractivity contribution in [3.63, 3.8) is 0 Å². The number of rotatable bonds is 3. The van der Waals surface area contributed by atoms with Gasteiger partial charge in [-0.15, -0.1) is 0 Å². The van der Waals surface area contributed by atoms with Crippen LogP contribution >= 0.6 is 0 Å². The minimum atomic E-state index is -0.534. The van der Waals surface area contributed by atoms with Crippen molar-refractivity contribution in [2.24, 2.45) is 7.05 Å². The highest BCUT2D eigenvalue weighted by Crippen LogP contribution is 2.22. The summed E-state index contributed by atoms with van der Waals surface area (Å²) < 4.78 is 2.95. The van der Waals surface area contributed by atoms with Crippen molar-refractivity contribution < 1.29 is 4.92 Å². The van der Waals surface area contributed by atoms with E-state index < -0.39 is 4.92 Å². The molecule has 1 aromatic heterocycles. The summed E-state index contributed by atoms with van der Waals surface area (Å²) in [6.45, 7) is 0.335. The average Bonchev–Trinajstić information content (AvgIpc) is 2.61. The quantitative estimate of drug-likeness (QED) is 0.492. The molecule has 0 radical (unpaired) electrons. The summed E-state index contributed by atoms with van der Waals surface area (Å²) in [7, 11) is 1.66. The van der Waals surface area contributed by atoms with Crippen LogP contribution in [0.3, 0.4) is 0 Å². The molecule has 0 spiro atoms. The third kappa shape index (κ3) is 2.10. The molecule has 7 nitrogen and oxygen atoms in total. The summed E-state index contributed by atoms with van der Waals surface area (Å²) in [4.78, 5) is 21.7. The van der Waals surface area contributed by atoms with E-state index in [0.29, 0.717) is 6.54 Å². The number of hydrogen-bond acceptors (Lipinski definition) is 4. The zero-order chi connectivity index (χ0) is 13.3. The minimum absolute atomic E-state index is 0.0986. The number of nitrogens with two attached hydrogens (primary N) is 1. The second-order valence-electron chi connectivity index (χ2n) is 3.97. The molecule has 0 aliphatic rings. The lowest BCUT2D eigenvalue weighted by Crippen LogP contribution is -2.22. The lowest BCUT2D eigenvalue weighted by atomic mass is 10.2. The molecule has 0 amide bonds. The summed E-state index contributed by atoms with van der Waals surface area (Å²) in [6, 6.07) is 4.45. The van der Waals surface area contributed by atoms with E-state index in [1.54, 1.807) is 25.5 Å². The molecular formula is C11H12N4O3. The van der Waals surface area contributed by atoms with E-state index in [4.69, 9.17) is 5.73 Å². The van der Waals surface area contributed by atoms with Crippen LogP contribution in [0, 0.1) is 10.1 Å². The summed E-state index contributed by atoms with van der Waals surface area (Å²) in [5.74, 6) is 0. The molecular weight excluding hydrogens is 236 g/mol. The van der Waals surface area contributed by atoms with Gasteiger partial charge in [0, 0.05) is 25.5 Å². The van der Waals surface area contributed by atoms with Gasteiger partial charge in [0.15, 0.2) is 0 Å². The fourth-order valence-electron chi connectivity index (χ4n) is 1.70. The Morgan fingerprint density at radius 3 is 2.61 bits per heavy atom. The number of benzene rings is 1. The van der Waals surface area contributed by atoms with Crippen molar-refractivity contribution in [1.82, 2.24) is 9.13 Å². The van der Waals surface area contributed by atoms with Crippen molar-refractivity contribution in [3.8, 4) is 0 Å². The van der Waals surface area contributed by atoms with E-state index in [0.717, 1.165) is 5.56 Å². The van der Waals surface area contributed by atoms with Crippen LogP contribution in [0.1, 0.15) is 5.56 Å². The first-order valence-electron chi connectivity index (χ1n) is 5.23. The number of imidazole rings is 1. The monoisotopic (exact) mass is 248 g/mol. The first-order chi connectivity index (χ1) is 8.49. The van der Waals surface area contributed by atoms with Crippen LogP contribution in [0.15, 0.2) is 35.4 Å². The molecule has 0 bridgehead atoms. The van der Waals surface area contributed by atoms with Crippen LogP contribution in [-0.4, -0.2) is 14.1 Å². The molecule has 2 rings (SSSR count). The van der Waals surface area contributed by atoms with Crippen LogP contribution in [0.4, 0.5) is 11.4 Å². The lowest BCUT2D eigenvalue weighted by Gasteiger charge is -2.03. The number of nitro benzene ring substituents is 1. The Labute approximate surface area is 102 Å². The summed E-state index contributed by atoms with van der Waals surface area (Å²) in [5, 5.41) is 10.6. The van der Waals surface area contributed by atoms with E-state index in [9.17, 15) is 14.9 Å². The predicted octanol–water partition coefficient (Wildman–Crippen LogP) is 0.726. The molecule has 0 aliphatic carbocycles. The van der Waals surface area contributed by atoms with E-state index in [1.807, 2.05) is 0 Å². The van der Waals surface area contributed by atoms with Crippen LogP contribution in [-0.2, 0) is 13.6 Å². The highest BCUT2D eigenvalue weighted by Gasteiger charge is 2.11. The molecule has 0 aliphatic heterocycles. The van der Waals surface area contributed by atoms with Crippen molar-refractivity contribution in [1.29, 1.82) is 0 Å². The number of nitrogen functional groups attached to an aromatic ring is 1. The Balaban J connectivity index is 2.31. The molecule has 0 fully saturated rings. The van der Waals surface area contributed by atoms with Crippen LogP contribution < -0.4 is 11.4 Å². The SMILES string of the molecule is Cn1ccn(Cc2ccc([N+](=O)[O-])c(N)c2)c1=O. The molecule has 2 aromatic rings. The number of nitro groups is 1. The highest BCUT2D eigenvalue weighted by molar-refractivity contribution is 5.59. The Kier molecular flexibility index (Phi) is 2.88. The van der Waals surface area contributed by atoms with Crippen LogP contribution in [0.2, 0.25) is 0 Å². The van der Waals surface area contributed by atoms with E-state index >= 15 is 0 Å². The van der Waals surface area contributed by atoms with Gasteiger partial charge in [0.05, 0.1) is 11.5 Å². The van der Waals surface area contributed by atoms with E-state index in [-0.39, 0.29) is 17.1 Å². The largest absolute Gasteiger partial charge is 0.393 e. The van der Waals surface area contributed by atoms with E-state index in [2.05, 4.69) is 0 Å². The van der Waals surface area contributed by atoms with Crippen molar-refractivity contribution in [2.45, 2.75) is 6.54 Å². The normalized spacial score (nSPS) is 10.5. The second kappa shape index (κ2) is 4.36. The van der Waals surface area contributed by atoms with Gasteiger partial charge >= 0.3 is 5.69 Å². The Hall–Kier alpha value is -2.57. The molecule has 7 heteroatoms. The number of nitrogens with zero attached hydrogens (tertiary/aromatic N) is 3. The molecule has 0 saturated heterocycles.